The van der Waals surface area contributed by atoms with Gasteiger partial charge in [-0.2, -0.15) is 0 Å². The summed E-state index contributed by atoms with van der Waals surface area (Å²) < 4.78 is 7.16. The Morgan fingerprint density at radius 3 is 3.00 bits per heavy atom. The van der Waals surface area contributed by atoms with Crippen LogP contribution in [0.15, 0.2) is 35.2 Å². The van der Waals surface area contributed by atoms with E-state index < -0.39 is 0 Å². The van der Waals surface area contributed by atoms with E-state index in [4.69, 9.17) is 16.1 Å². The van der Waals surface area contributed by atoms with Crippen molar-refractivity contribution in [2.45, 2.75) is 18.8 Å². The van der Waals surface area contributed by atoms with Gasteiger partial charge in [0.25, 0.3) is 0 Å². The molecule has 18 heavy (non-hydrogen) atoms. The van der Waals surface area contributed by atoms with Gasteiger partial charge < -0.3 is 9.09 Å². The van der Waals surface area contributed by atoms with E-state index in [1.54, 1.807) is 18.6 Å². The standard InChI is InChI=1S/C12H11ClN4O/c1-8(13)12-16-10-6-14-4-3-11(10)17(12)7-9-2-5-15-18-9/h2-6,8H,7H2,1H3. The predicted molar refractivity (Wildman–Crippen MR) is 67.4 cm³/mol. The first-order valence-electron chi connectivity index (χ1n) is 5.59. The summed E-state index contributed by atoms with van der Waals surface area (Å²) in [6.07, 6.45) is 5.10. The molecule has 1 atom stereocenters. The molecule has 0 N–H and O–H groups in total. The number of pyridine rings is 1. The lowest BCUT2D eigenvalue weighted by Gasteiger charge is -2.08. The molecule has 0 bridgehead atoms. The molecule has 0 fully saturated rings. The molecule has 5 nitrogen and oxygen atoms in total. The normalized spacial score (nSPS) is 13.0. The average molecular weight is 263 g/mol. The Balaban J connectivity index is 2.15. The third kappa shape index (κ3) is 1.86. The van der Waals surface area contributed by atoms with E-state index in [-0.39, 0.29) is 5.38 Å². The summed E-state index contributed by atoms with van der Waals surface area (Å²) in [4.78, 5) is 8.57. The number of hydrogen-bond donors (Lipinski definition) is 0. The fourth-order valence-corrected chi connectivity index (χ4v) is 2.12. The Morgan fingerprint density at radius 2 is 2.28 bits per heavy atom. The molecule has 3 rings (SSSR count). The van der Waals surface area contributed by atoms with E-state index >= 15 is 0 Å². The van der Waals surface area contributed by atoms with Gasteiger partial charge in [0.1, 0.15) is 11.3 Å². The monoisotopic (exact) mass is 262 g/mol. The lowest BCUT2D eigenvalue weighted by Crippen LogP contribution is -2.05. The molecular formula is C12H11ClN4O. The molecule has 0 spiro atoms. The van der Waals surface area contributed by atoms with Gasteiger partial charge in [0.05, 0.1) is 29.8 Å². The highest BCUT2D eigenvalue weighted by molar-refractivity contribution is 6.20. The number of halogens is 1. The zero-order valence-electron chi connectivity index (χ0n) is 9.75. The van der Waals surface area contributed by atoms with Gasteiger partial charge in [-0.25, -0.2) is 4.98 Å². The highest BCUT2D eigenvalue weighted by Crippen LogP contribution is 2.24. The molecular weight excluding hydrogens is 252 g/mol. The molecule has 0 aliphatic rings. The topological polar surface area (TPSA) is 56.7 Å². The van der Waals surface area contributed by atoms with Gasteiger partial charge in [0.15, 0.2) is 5.76 Å². The molecule has 1 unspecified atom stereocenters. The lowest BCUT2D eigenvalue weighted by molar-refractivity contribution is 0.376. The average Bonchev–Trinajstić information content (AvgIpc) is 2.98. The van der Waals surface area contributed by atoms with E-state index in [1.807, 2.05) is 23.6 Å². The quantitative estimate of drug-likeness (QED) is 0.681. The maximum atomic E-state index is 6.17. The highest BCUT2D eigenvalue weighted by Gasteiger charge is 2.15. The Kier molecular flexibility index (Phi) is 2.76. The van der Waals surface area contributed by atoms with Gasteiger partial charge in [0, 0.05) is 12.3 Å². The third-order valence-electron chi connectivity index (χ3n) is 2.74. The number of rotatable bonds is 3. The van der Waals surface area contributed by atoms with Gasteiger partial charge in [-0.05, 0) is 13.0 Å². The van der Waals surface area contributed by atoms with E-state index in [2.05, 4.69) is 15.1 Å². The second-order valence-electron chi connectivity index (χ2n) is 4.02. The van der Waals surface area contributed by atoms with Crippen molar-refractivity contribution in [1.29, 1.82) is 0 Å². The molecule has 0 aromatic carbocycles. The summed E-state index contributed by atoms with van der Waals surface area (Å²) in [6.45, 7) is 2.46. The molecule has 0 radical (unpaired) electrons. The minimum atomic E-state index is -0.180. The molecule has 0 saturated carbocycles. The maximum Gasteiger partial charge on any atom is 0.156 e. The molecule has 3 heterocycles. The largest absolute Gasteiger partial charge is 0.359 e. The summed E-state index contributed by atoms with van der Waals surface area (Å²) in [5.74, 6) is 1.57. The molecule has 3 aromatic rings. The van der Waals surface area contributed by atoms with Crippen LogP contribution in [0.25, 0.3) is 11.0 Å². The summed E-state index contributed by atoms with van der Waals surface area (Å²) in [5.41, 5.74) is 1.82. The molecule has 6 heteroatoms. The number of imidazole rings is 1. The summed E-state index contributed by atoms with van der Waals surface area (Å²) >= 11 is 6.17. The molecule has 92 valence electrons. The van der Waals surface area contributed by atoms with Crippen molar-refractivity contribution >= 4 is 22.6 Å². The smallest absolute Gasteiger partial charge is 0.156 e. The first-order chi connectivity index (χ1) is 8.75. The van der Waals surface area contributed by atoms with E-state index in [0.717, 1.165) is 22.6 Å². The van der Waals surface area contributed by atoms with Gasteiger partial charge >= 0.3 is 0 Å². The van der Waals surface area contributed by atoms with Gasteiger partial charge in [0.2, 0.25) is 0 Å². The van der Waals surface area contributed by atoms with E-state index in [9.17, 15) is 0 Å². The second kappa shape index (κ2) is 4.42. The SMILES string of the molecule is CC(Cl)c1nc2cnccc2n1Cc1ccno1. The van der Waals surface area contributed by atoms with Crippen molar-refractivity contribution < 1.29 is 4.52 Å². The Labute approximate surface area is 108 Å². The van der Waals surface area contributed by atoms with Gasteiger partial charge in [-0.1, -0.05) is 5.16 Å². The minimum absolute atomic E-state index is 0.180. The van der Waals surface area contributed by atoms with Crippen LogP contribution in [0.1, 0.15) is 23.9 Å². The van der Waals surface area contributed by atoms with E-state index in [1.165, 1.54) is 0 Å². The Hall–Kier alpha value is -1.88. The molecule has 3 aromatic heterocycles. The number of nitrogens with zero attached hydrogens (tertiary/aromatic N) is 4. The lowest BCUT2D eigenvalue weighted by atomic mass is 10.3. The second-order valence-corrected chi connectivity index (χ2v) is 4.67. The Morgan fingerprint density at radius 1 is 1.39 bits per heavy atom. The summed E-state index contributed by atoms with van der Waals surface area (Å²) in [5, 5.41) is 3.52. The number of fused-ring (bicyclic) bond motifs is 1. The van der Waals surface area contributed by atoms with Crippen molar-refractivity contribution in [3.05, 3.63) is 42.3 Å². The first kappa shape index (κ1) is 11.2. The zero-order valence-corrected chi connectivity index (χ0v) is 10.5. The van der Waals surface area contributed by atoms with Crippen LogP contribution < -0.4 is 0 Å². The molecule has 0 aliphatic carbocycles. The molecule has 0 amide bonds. The maximum absolute atomic E-state index is 6.17. The van der Waals surface area contributed by atoms with Crippen molar-refractivity contribution in [3.63, 3.8) is 0 Å². The number of hydrogen-bond acceptors (Lipinski definition) is 4. The Bertz CT molecular complexity index is 660. The highest BCUT2D eigenvalue weighted by atomic mass is 35.5. The molecule has 0 aliphatic heterocycles. The van der Waals surface area contributed by atoms with Crippen LogP contribution in [0.4, 0.5) is 0 Å². The van der Waals surface area contributed by atoms with Gasteiger partial charge in [-0.15, -0.1) is 11.6 Å². The van der Waals surface area contributed by atoms with E-state index in [0.29, 0.717) is 6.54 Å². The van der Waals surface area contributed by atoms with Crippen LogP contribution in [0.3, 0.4) is 0 Å². The fourth-order valence-electron chi connectivity index (χ4n) is 1.95. The van der Waals surface area contributed by atoms with Gasteiger partial charge in [-0.3, -0.25) is 4.98 Å². The predicted octanol–water partition coefficient (Wildman–Crippen LogP) is 2.77. The summed E-state index contributed by atoms with van der Waals surface area (Å²) in [7, 11) is 0. The number of alkyl halides is 1. The van der Waals surface area contributed by atoms with Crippen LogP contribution in [-0.4, -0.2) is 19.7 Å². The summed E-state index contributed by atoms with van der Waals surface area (Å²) in [6, 6.07) is 3.75. The zero-order chi connectivity index (χ0) is 12.5. The van der Waals surface area contributed by atoms with Crippen molar-refractivity contribution in [2.75, 3.05) is 0 Å². The van der Waals surface area contributed by atoms with Crippen LogP contribution >= 0.6 is 11.6 Å². The minimum Gasteiger partial charge on any atom is -0.359 e. The fraction of sp³-hybridized carbons (Fsp3) is 0.250. The van der Waals surface area contributed by atoms with Crippen molar-refractivity contribution in [2.24, 2.45) is 0 Å². The number of aromatic nitrogens is 4. The van der Waals surface area contributed by atoms with Crippen LogP contribution in [-0.2, 0) is 6.54 Å². The van der Waals surface area contributed by atoms with Crippen molar-refractivity contribution in [3.8, 4) is 0 Å². The van der Waals surface area contributed by atoms with Crippen LogP contribution in [0, 0.1) is 0 Å². The molecule has 0 saturated heterocycles. The van der Waals surface area contributed by atoms with Crippen LogP contribution in [0.5, 0.6) is 0 Å². The first-order valence-corrected chi connectivity index (χ1v) is 6.03. The van der Waals surface area contributed by atoms with Crippen molar-refractivity contribution in [1.82, 2.24) is 19.7 Å². The van der Waals surface area contributed by atoms with Crippen LogP contribution in [0.2, 0.25) is 0 Å². The third-order valence-corrected chi connectivity index (χ3v) is 2.94.